The van der Waals surface area contributed by atoms with Crippen LogP contribution in [0, 0.1) is 11.8 Å². The Kier molecular flexibility index (Phi) is 16.9. The van der Waals surface area contributed by atoms with Crippen LogP contribution in [-0.4, -0.2) is 121 Å². The molecule has 2 aromatic rings. The Hall–Kier alpha value is -4.50. The maximum atomic E-state index is 14.5. The van der Waals surface area contributed by atoms with Gasteiger partial charge in [0.05, 0.1) is 37.4 Å². The number of amides is 4. The maximum absolute atomic E-state index is 14.5. The highest BCUT2D eigenvalue weighted by atomic mass is 16.5. The van der Waals surface area contributed by atoms with Gasteiger partial charge in [0, 0.05) is 64.1 Å². The molecule has 2 heterocycles. The molecule has 2 fully saturated rings. The van der Waals surface area contributed by atoms with Gasteiger partial charge in [0.1, 0.15) is 18.2 Å². The zero-order chi connectivity index (χ0) is 39.9. The summed E-state index contributed by atoms with van der Waals surface area (Å²) in [5, 5.41) is 36.9. The van der Waals surface area contributed by atoms with Crippen molar-refractivity contribution in [1.29, 1.82) is 0 Å². The molecule has 1 aliphatic heterocycles. The number of carboxylic acid groups (broad SMARTS) is 1. The number of rotatable bonds is 19. The first-order valence-electron chi connectivity index (χ1n) is 19.7. The molecule has 4 rings (SSSR count). The molecule has 4 amide bonds. The second-order valence-corrected chi connectivity index (χ2v) is 15.5. The SMILES string of the molecule is CC(C)C(O)CC(O)[C@H](CC1CCCCC1)NC(=O)[C@H](Cc1cnc[nH]1)N(C)C(=O)[C@H](Cc1ccccc1)NC(=O)N1CCC(OC(=O)CCC(=O)O)CC1. The minimum Gasteiger partial charge on any atom is -0.481 e. The van der Waals surface area contributed by atoms with Crippen LogP contribution in [0.25, 0.3) is 0 Å². The highest BCUT2D eigenvalue weighted by molar-refractivity contribution is 5.92. The third-order valence-electron chi connectivity index (χ3n) is 10.9. The molecule has 6 N–H and O–H groups in total. The van der Waals surface area contributed by atoms with Crippen molar-refractivity contribution >= 4 is 29.8 Å². The van der Waals surface area contributed by atoms with Crippen molar-refractivity contribution < 1.29 is 44.0 Å². The number of aliphatic hydroxyl groups is 2. The van der Waals surface area contributed by atoms with E-state index in [1.807, 2.05) is 44.2 Å². The zero-order valence-corrected chi connectivity index (χ0v) is 32.4. The van der Waals surface area contributed by atoms with Crippen LogP contribution in [0.1, 0.15) is 95.7 Å². The molecule has 2 aliphatic rings. The zero-order valence-electron chi connectivity index (χ0n) is 32.4. The third kappa shape index (κ3) is 13.9. The molecule has 304 valence electrons. The summed E-state index contributed by atoms with van der Waals surface area (Å²) in [6.07, 6.45) is 7.29. The number of benzene rings is 1. The lowest BCUT2D eigenvalue weighted by Gasteiger charge is -2.36. The third-order valence-corrected chi connectivity index (χ3v) is 10.9. The van der Waals surface area contributed by atoms with Gasteiger partial charge in [-0.05, 0) is 23.8 Å². The van der Waals surface area contributed by atoms with Crippen LogP contribution in [0.15, 0.2) is 42.9 Å². The predicted molar refractivity (Wildman–Crippen MR) is 203 cm³/mol. The number of esters is 1. The van der Waals surface area contributed by atoms with E-state index in [9.17, 15) is 34.2 Å². The molecular weight excluding hydrogens is 708 g/mol. The minimum atomic E-state index is -1.09. The average Bonchev–Trinajstić information content (AvgIpc) is 3.69. The van der Waals surface area contributed by atoms with Crippen LogP contribution < -0.4 is 10.6 Å². The van der Waals surface area contributed by atoms with Crippen molar-refractivity contribution in [3.05, 3.63) is 54.1 Å². The quantitative estimate of drug-likeness (QED) is 0.115. The summed E-state index contributed by atoms with van der Waals surface area (Å²) in [4.78, 5) is 75.4. The van der Waals surface area contributed by atoms with Crippen molar-refractivity contribution in [3.8, 4) is 0 Å². The van der Waals surface area contributed by atoms with E-state index >= 15 is 0 Å². The van der Waals surface area contributed by atoms with Gasteiger partial charge in [-0.1, -0.05) is 76.3 Å². The molecule has 15 nitrogen and oxygen atoms in total. The average molecular weight is 769 g/mol. The number of hydrogen-bond donors (Lipinski definition) is 6. The second-order valence-electron chi connectivity index (χ2n) is 15.5. The van der Waals surface area contributed by atoms with Gasteiger partial charge in [0.2, 0.25) is 11.8 Å². The van der Waals surface area contributed by atoms with Crippen molar-refractivity contribution in [2.24, 2.45) is 11.8 Å². The molecule has 0 spiro atoms. The highest BCUT2D eigenvalue weighted by Crippen LogP contribution is 2.29. The van der Waals surface area contributed by atoms with E-state index < -0.39 is 66.2 Å². The summed E-state index contributed by atoms with van der Waals surface area (Å²) in [5.74, 6) is -2.40. The number of imidazole rings is 1. The number of H-pyrrole nitrogens is 1. The number of hydrogen-bond acceptors (Lipinski definition) is 9. The van der Waals surface area contributed by atoms with Crippen molar-refractivity contribution in [2.45, 2.75) is 134 Å². The number of ether oxygens (including phenoxy) is 1. The van der Waals surface area contributed by atoms with Crippen LogP contribution in [-0.2, 0) is 36.8 Å². The van der Waals surface area contributed by atoms with Gasteiger partial charge in [-0.25, -0.2) is 9.78 Å². The van der Waals surface area contributed by atoms with Gasteiger partial charge < -0.3 is 45.5 Å². The molecule has 1 aromatic carbocycles. The van der Waals surface area contributed by atoms with E-state index in [1.54, 1.807) is 11.1 Å². The Bertz CT molecular complexity index is 1510. The lowest BCUT2D eigenvalue weighted by molar-refractivity contribution is -0.153. The first-order valence-corrected chi connectivity index (χ1v) is 19.7. The van der Waals surface area contributed by atoms with E-state index in [4.69, 9.17) is 9.84 Å². The number of urea groups is 1. The van der Waals surface area contributed by atoms with E-state index in [2.05, 4.69) is 20.6 Å². The van der Waals surface area contributed by atoms with Gasteiger partial charge in [-0.15, -0.1) is 0 Å². The standard InChI is InChI=1S/C40H60N6O9/c1-26(2)34(47)23-35(48)31(20-27-10-6-4-7-11-27)43-38(52)33(22-29-24-41-25-42-29)45(3)39(53)32(21-28-12-8-5-9-13-28)44-40(54)46-18-16-30(17-19-46)55-37(51)15-14-36(49)50/h5,8-9,12-13,24-27,30-35,47-48H,4,6-7,10-11,14-23H2,1-3H3,(H,41,42)(H,43,52)(H,44,54)(H,49,50)/t31-,32-,33-,34?,35?/m0/s1. The van der Waals surface area contributed by atoms with Crippen LogP contribution in [0.5, 0.6) is 0 Å². The summed E-state index contributed by atoms with van der Waals surface area (Å²) in [5.41, 5.74) is 1.42. The van der Waals surface area contributed by atoms with Crippen molar-refractivity contribution in [2.75, 3.05) is 20.1 Å². The topological polar surface area (TPSA) is 214 Å². The first-order chi connectivity index (χ1) is 26.3. The molecule has 1 saturated carbocycles. The second kappa shape index (κ2) is 21.6. The molecule has 1 saturated heterocycles. The molecule has 5 atom stereocenters. The molecule has 1 aliphatic carbocycles. The lowest BCUT2D eigenvalue weighted by atomic mass is 9.82. The Morgan fingerprint density at radius 3 is 2.25 bits per heavy atom. The Balaban J connectivity index is 1.51. The van der Waals surface area contributed by atoms with E-state index in [-0.39, 0.29) is 51.1 Å². The Morgan fingerprint density at radius 2 is 1.64 bits per heavy atom. The Morgan fingerprint density at radius 1 is 0.945 bits per heavy atom. The normalized spacial score (nSPS) is 18.1. The van der Waals surface area contributed by atoms with Gasteiger partial charge >= 0.3 is 18.0 Å². The van der Waals surface area contributed by atoms with E-state index in [0.29, 0.717) is 30.9 Å². The minimum absolute atomic E-state index is 0.0753. The summed E-state index contributed by atoms with van der Waals surface area (Å²) < 4.78 is 5.41. The lowest BCUT2D eigenvalue weighted by Crippen LogP contribution is -2.59. The monoisotopic (exact) mass is 768 g/mol. The first kappa shape index (κ1) is 43.2. The molecule has 55 heavy (non-hydrogen) atoms. The number of likely N-dealkylation sites (N-methyl/N-ethyl adjacent to an activating group) is 1. The van der Waals surface area contributed by atoms with E-state index in [1.165, 1.54) is 18.3 Å². The van der Waals surface area contributed by atoms with Gasteiger partial charge in [-0.3, -0.25) is 19.2 Å². The molecule has 2 unspecified atom stereocenters. The largest absolute Gasteiger partial charge is 0.481 e. The number of aromatic nitrogens is 2. The fourth-order valence-electron chi connectivity index (χ4n) is 7.39. The number of aliphatic carboxylic acids is 1. The number of carbonyl (C=O) groups is 5. The van der Waals surface area contributed by atoms with Crippen molar-refractivity contribution in [3.63, 3.8) is 0 Å². The number of carbonyl (C=O) groups excluding carboxylic acids is 4. The molecule has 0 radical (unpaired) electrons. The fourth-order valence-corrected chi connectivity index (χ4v) is 7.39. The fraction of sp³-hybridized carbons (Fsp3) is 0.650. The maximum Gasteiger partial charge on any atom is 0.318 e. The van der Waals surface area contributed by atoms with Crippen LogP contribution in [0.2, 0.25) is 0 Å². The Labute approximate surface area is 323 Å². The summed E-state index contributed by atoms with van der Waals surface area (Å²) in [6.45, 7) is 4.27. The number of aromatic amines is 1. The molecular formula is C40H60N6O9. The number of likely N-dealkylation sites (tertiary alicyclic amines) is 1. The summed E-state index contributed by atoms with van der Waals surface area (Å²) in [6, 6.07) is 6.04. The van der Waals surface area contributed by atoms with Crippen molar-refractivity contribution in [1.82, 2.24) is 30.4 Å². The highest BCUT2D eigenvalue weighted by Gasteiger charge is 2.37. The summed E-state index contributed by atoms with van der Waals surface area (Å²) >= 11 is 0. The van der Waals surface area contributed by atoms with E-state index in [0.717, 1.165) is 37.7 Å². The number of carboxylic acids is 1. The number of nitrogens with one attached hydrogen (secondary N) is 3. The number of nitrogens with zero attached hydrogens (tertiary/aromatic N) is 3. The van der Waals surface area contributed by atoms with Crippen LogP contribution in [0.4, 0.5) is 4.79 Å². The van der Waals surface area contributed by atoms with Crippen LogP contribution in [0.3, 0.4) is 0 Å². The van der Waals surface area contributed by atoms with Gasteiger partial charge in [0.25, 0.3) is 0 Å². The molecule has 1 aromatic heterocycles. The van der Waals surface area contributed by atoms with Gasteiger partial charge in [0.15, 0.2) is 0 Å². The molecule has 15 heteroatoms. The summed E-state index contributed by atoms with van der Waals surface area (Å²) in [7, 11) is 1.53. The predicted octanol–water partition coefficient (Wildman–Crippen LogP) is 3.20. The van der Waals surface area contributed by atoms with Crippen LogP contribution >= 0.6 is 0 Å². The van der Waals surface area contributed by atoms with Gasteiger partial charge in [-0.2, -0.15) is 0 Å². The number of aliphatic hydroxyl groups excluding tert-OH is 2. The molecule has 0 bridgehead atoms. The number of piperidine rings is 1. The smallest absolute Gasteiger partial charge is 0.318 e.